The molecule has 2 saturated heterocycles. The van der Waals surface area contributed by atoms with Gasteiger partial charge in [-0.3, -0.25) is 14.5 Å². The van der Waals surface area contributed by atoms with E-state index in [0.29, 0.717) is 19.3 Å². The second-order valence-corrected chi connectivity index (χ2v) is 16.1. The third-order valence-corrected chi connectivity index (χ3v) is 9.94. The van der Waals surface area contributed by atoms with Gasteiger partial charge in [0.15, 0.2) is 11.6 Å². The number of halogens is 1. The normalized spacial score (nSPS) is 15.8. The van der Waals surface area contributed by atoms with Crippen molar-refractivity contribution in [3.63, 3.8) is 0 Å². The first kappa shape index (κ1) is 46.7. The van der Waals surface area contributed by atoms with Crippen molar-refractivity contribution >= 4 is 41.9 Å². The number of amides is 5. The van der Waals surface area contributed by atoms with E-state index in [1.54, 1.807) is 45.0 Å². The Morgan fingerprint density at radius 1 is 0.871 bits per heavy atom. The summed E-state index contributed by atoms with van der Waals surface area (Å²) >= 11 is 0. The Hall–Kier alpha value is -6.39. The van der Waals surface area contributed by atoms with Crippen molar-refractivity contribution in [1.82, 2.24) is 15.1 Å². The van der Waals surface area contributed by atoms with E-state index in [-0.39, 0.29) is 89.2 Å². The topological polar surface area (TPSA) is 180 Å². The van der Waals surface area contributed by atoms with Gasteiger partial charge in [0.2, 0.25) is 5.91 Å². The summed E-state index contributed by atoms with van der Waals surface area (Å²) in [5.41, 5.74) is -0.212. The fourth-order valence-electron chi connectivity index (χ4n) is 6.64. The number of nitrogens with one attached hydrogen (secondary N) is 1. The Bertz CT molecular complexity index is 1950. The molecule has 334 valence electrons. The van der Waals surface area contributed by atoms with Gasteiger partial charge in [-0.15, -0.1) is 0 Å². The highest BCUT2D eigenvalue weighted by Crippen LogP contribution is 2.32. The van der Waals surface area contributed by atoms with Crippen LogP contribution in [0.15, 0.2) is 78.9 Å². The molecule has 2 aliphatic rings. The minimum atomic E-state index is -1.22. The van der Waals surface area contributed by atoms with Crippen molar-refractivity contribution in [2.75, 3.05) is 44.2 Å². The van der Waals surface area contributed by atoms with Crippen LogP contribution in [0.5, 0.6) is 5.75 Å². The van der Waals surface area contributed by atoms with Gasteiger partial charge in [0.25, 0.3) is 0 Å². The standard InChI is InChI=1S/C45H55FN4O12/c1-32(51)47-27-36-28-50(43(56)60-36)35-19-20-38(37(46)26-35)59-31-45(21-24-48(25-22-45)40(53)62-44(2,3)4)61-39(52)18-12-7-13-23-49(41(54)57-29-33-14-8-5-9-15-33)42(55)58-30-34-16-10-6-11-17-34/h5-6,8-11,14-17,19-20,26,36H,7,12-13,18,21-25,27-31H2,1-4H3,(H,47,51)/t36-/m0/s1. The molecule has 2 fully saturated rings. The minimum absolute atomic E-state index is 0.00758. The quantitative estimate of drug-likeness (QED) is 0.0803. The Balaban J connectivity index is 1.17. The molecule has 2 heterocycles. The minimum Gasteiger partial charge on any atom is -0.486 e. The number of esters is 1. The molecular weight excluding hydrogens is 808 g/mol. The van der Waals surface area contributed by atoms with Crippen molar-refractivity contribution in [2.24, 2.45) is 0 Å². The van der Waals surface area contributed by atoms with Gasteiger partial charge < -0.3 is 38.6 Å². The monoisotopic (exact) mass is 862 g/mol. The number of cyclic esters (lactones) is 1. The summed E-state index contributed by atoms with van der Waals surface area (Å²) in [4.78, 5) is 79.9. The van der Waals surface area contributed by atoms with E-state index in [9.17, 15) is 28.8 Å². The largest absolute Gasteiger partial charge is 0.486 e. The van der Waals surface area contributed by atoms with Crippen molar-refractivity contribution in [1.29, 1.82) is 0 Å². The molecule has 5 rings (SSSR count). The van der Waals surface area contributed by atoms with Crippen LogP contribution in [0.3, 0.4) is 0 Å². The van der Waals surface area contributed by atoms with E-state index in [1.807, 2.05) is 36.4 Å². The maximum absolute atomic E-state index is 15.5. The number of piperidine rings is 1. The summed E-state index contributed by atoms with van der Waals surface area (Å²) < 4.78 is 49.2. The highest BCUT2D eigenvalue weighted by molar-refractivity contribution is 5.90. The van der Waals surface area contributed by atoms with E-state index < -0.39 is 53.5 Å². The van der Waals surface area contributed by atoms with Crippen LogP contribution in [-0.4, -0.2) is 103 Å². The number of carbonyl (C=O) groups excluding carboxylic acids is 6. The Kier molecular flexibility index (Phi) is 16.5. The maximum atomic E-state index is 15.5. The summed E-state index contributed by atoms with van der Waals surface area (Å²) in [6.07, 6.45) is -2.04. The lowest BCUT2D eigenvalue weighted by Gasteiger charge is -2.41. The number of rotatable bonds is 17. The SMILES string of the molecule is CC(=O)NC[C@H]1CN(c2ccc(OCC3(OC(=O)CCCCCN(C(=O)OCc4ccccc4)C(=O)OCc4ccccc4)CCN(C(=O)OC(C)(C)C)CC3)c(F)c2)C(=O)O1. The zero-order valence-electron chi connectivity index (χ0n) is 35.6. The Morgan fingerprint density at radius 3 is 2.05 bits per heavy atom. The van der Waals surface area contributed by atoms with E-state index in [1.165, 1.54) is 28.9 Å². The number of anilines is 1. The molecule has 0 radical (unpaired) electrons. The van der Waals surface area contributed by atoms with Gasteiger partial charge >= 0.3 is 30.3 Å². The summed E-state index contributed by atoms with van der Waals surface area (Å²) in [5, 5.41) is 2.59. The van der Waals surface area contributed by atoms with E-state index in [0.717, 1.165) is 22.1 Å². The third-order valence-electron chi connectivity index (χ3n) is 9.94. The number of ether oxygens (including phenoxy) is 6. The van der Waals surface area contributed by atoms with Crippen LogP contribution >= 0.6 is 0 Å². The van der Waals surface area contributed by atoms with E-state index in [2.05, 4.69) is 5.32 Å². The van der Waals surface area contributed by atoms with Crippen LogP contribution in [0.2, 0.25) is 0 Å². The fraction of sp³-hybridized carbons (Fsp3) is 0.467. The molecule has 0 bridgehead atoms. The summed E-state index contributed by atoms with van der Waals surface area (Å²) in [6.45, 7) is 6.89. The molecule has 1 atom stereocenters. The average Bonchev–Trinajstić information content (AvgIpc) is 3.62. The maximum Gasteiger partial charge on any atom is 0.419 e. The molecule has 62 heavy (non-hydrogen) atoms. The number of nitrogens with zero attached hydrogens (tertiary/aromatic N) is 3. The van der Waals surface area contributed by atoms with Crippen LogP contribution in [0, 0.1) is 5.82 Å². The van der Waals surface area contributed by atoms with Gasteiger partial charge in [-0.2, -0.15) is 0 Å². The molecule has 17 heteroatoms. The number of imide groups is 1. The Morgan fingerprint density at radius 2 is 1.48 bits per heavy atom. The molecule has 0 unspecified atom stereocenters. The first-order valence-electron chi connectivity index (χ1n) is 20.6. The first-order chi connectivity index (χ1) is 29.6. The number of unbranched alkanes of at least 4 members (excludes halogenated alkanes) is 2. The third kappa shape index (κ3) is 14.4. The van der Waals surface area contributed by atoms with Crippen molar-refractivity contribution in [2.45, 2.75) is 96.7 Å². The number of benzene rings is 3. The highest BCUT2D eigenvalue weighted by atomic mass is 19.1. The number of hydrogen-bond donors (Lipinski definition) is 1. The lowest BCUT2D eigenvalue weighted by atomic mass is 9.92. The van der Waals surface area contributed by atoms with E-state index in [4.69, 9.17) is 28.4 Å². The molecule has 2 aliphatic heterocycles. The lowest BCUT2D eigenvalue weighted by molar-refractivity contribution is -0.169. The van der Waals surface area contributed by atoms with Gasteiger partial charge in [-0.05, 0) is 56.9 Å². The fourth-order valence-corrected chi connectivity index (χ4v) is 6.64. The average molecular weight is 863 g/mol. The van der Waals surface area contributed by atoms with Crippen molar-refractivity contribution in [3.8, 4) is 5.75 Å². The number of hydrogen-bond acceptors (Lipinski definition) is 12. The molecule has 5 amide bonds. The number of carbonyl (C=O) groups is 6. The van der Waals surface area contributed by atoms with Crippen LogP contribution in [0.25, 0.3) is 0 Å². The highest BCUT2D eigenvalue weighted by Gasteiger charge is 2.42. The first-order valence-corrected chi connectivity index (χ1v) is 20.6. The summed E-state index contributed by atoms with van der Waals surface area (Å²) in [5.74, 6) is -1.73. The second-order valence-electron chi connectivity index (χ2n) is 16.1. The lowest BCUT2D eigenvalue weighted by Crippen LogP contribution is -2.52. The molecule has 0 saturated carbocycles. The van der Waals surface area contributed by atoms with Crippen LogP contribution in [0.1, 0.15) is 77.3 Å². The van der Waals surface area contributed by atoms with E-state index >= 15 is 4.39 Å². The predicted octanol–water partition coefficient (Wildman–Crippen LogP) is 7.51. The summed E-state index contributed by atoms with van der Waals surface area (Å²) in [7, 11) is 0. The van der Waals surface area contributed by atoms with Crippen LogP contribution in [-0.2, 0) is 46.5 Å². The molecule has 3 aromatic rings. The van der Waals surface area contributed by atoms with Gasteiger partial charge in [0, 0.05) is 51.9 Å². The van der Waals surface area contributed by atoms with Gasteiger partial charge in [0.05, 0.1) is 18.8 Å². The van der Waals surface area contributed by atoms with Gasteiger partial charge in [-0.25, -0.2) is 28.5 Å². The molecule has 3 aromatic carbocycles. The zero-order valence-corrected chi connectivity index (χ0v) is 35.6. The second kappa shape index (κ2) is 21.9. The smallest absolute Gasteiger partial charge is 0.419 e. The van der Waals surface area contributed by atoms with Crippen molar-refractivity contribution < 1.29 is 61.6 Å². The van der Waals surface area contributed by atoms with Gasteiger partial charge in [-0.1, -0.05) is 67.1 Å². The molecule has 0 aliphatic carbocycles. The number of likely N-dealkylation sites (tertiary alicyclic amines) is 1. The Labute approximate surface area is 360 Å². The molecule has 16 nitrogen and oxygen atoms in total. The molecule has 0 aromatic heterocycles. The van der Waals surface area contributed by atoms with Crippen LogP contribution in [0.4, 0.5) is 29.3 Å². The van der Waals surface area contributed by atoms with Crippen molar-refractivity contribution in [3.05, 3.63) is 95.8 Å². The van der Waals surface area contributed by atoms with Gasteiger partial charge in [0.1, 0.15) is 37.1 Å². The summed E-state index contributed by atoms with van der Waals surface area (Å²) in [6, 6.07) is 22.1. The molecular formula is C45H55FN4O12. The zero-order chi connectivity index (χ0) is 44.7. The molecule has 0 spiro atoms. The predicted molar refractivity (Wildman–Crippen MR) is 222 cm³/mol. The van der Waals surface area contributed by atoms with Crippen LogP contribution < -0.4 is 15.0 Å². The molecule has 1 N–H and O–H groups in total.